The van der Waals surface area contributed by atoms with Crippen molar-refractivity contribution in [2.45, 2.75) is 180 Å². The number of ether oxygens (including phenoxy) is 2. The molecule has 1 unspecified atom stereocenters. The SMILES string of the molecule is CC/C=C\C/C=C\C/C=C\C/C=C\C/C=C\C/C=C\C/C=C\CCCCCCCCCC(=O)OC(CO)COC(=O)CCCCCCCCCC. The van der Waals surface area contributed by atoms with Gasteiger partial charge in [0.15, 0.2) is 6.10 Å². The number of hydrogen-bond donors (Lipinski definition) is 1. The van der Waals surface area contributed by atoms with E-state index in [-0.39, 0.29) is 25.2 Å². The summed E-state index contributed by atoms with van der Waals surface area (Å²) in [6.07, 6.45) is 56.6. The van der Waals surface area contributed by atoms with Crippen molar-refractivity contribution in [3.63, 3.8) is 0 Å². The average Bonchev–Trinajstić information content (AvgIpc) is 3.13. The Morgan fingerprint density at radius 1 is 0.471 bits per heavy atom. The first-order valence-corrected chi connectivity index (χ1v) is 20.6. The Balaban J connectivity index is 3.61. The van der Waals surface area contributed by atoms with Crippen LogP contribution < -0.4 is 0 Å². The zero-order valence-corrected chi connectivity index (χ0v) is 32.8. The van der Waals surface area contributed by atoms with Crippen LogP contribution in [0.5, 0.6) is 0 Å². The molecule has 0 bridgehead atoms. The van der Waals surface area contributed by atoms with Crippen LogP contribution in [0.15, 0.2) is 85.1 Å². The lowest BCUT2D eigenvalue weighted by atomic mass is 10.1. The summed E-state index contributed by atoms with van der Waals surface area (Å²) >= 11 is 0. The van der Waals surface area contributed by atoms with E-state index >= 15 is 0 Å². The molecule has 0 radical (unpaired) electrons. The number of rotatable bonds is 36. The van der Waals surface area contributed by atoms with E-state index in [2.05, 4.69) is 98.9 Å². The number of unbranched alkanes of at least 4 members (excludes halogenated alkanes) is 14. The fraction of sp³-hybridized carbons (Fsp3) is 0.652. The summed E-state index contributed by atoms with van der Waals surface area (Å²) in [4.78, 5) is 24.1. The molecule has 0 aromatic carbocycles. The van der Waals surface area contributed by atoms with Crippen molar-refractivity contribution in [1.82, 2.24) is 0 Å². The van der Waals surface area contributed by atoms with E-state index in [1.807, 2.05) is 0 Å². The zero-order chi connectivity index (χ0) is 37.1. The monoisotopic (exact) mass is 709 g/mol. The molecular formula is C46H76O5. The molecule has 0 aliphatic carbocycles. The van der Waals surface area contributed by atoms with Gasteiger partial charge in [-0.15, -0.1) is 0 Å². The Morgan fingerprint density at radius 3 is 1.27 bits per heavy atom. The van der Waals surface area contributed by atoms with Crippen LogP contribution in [0.25, 0.3) is 0 Å². The molecule has 0 saturated carbocycles. The first kappa shape index (κ1) is 48.1. The third-order valence-corrected chi connectivity index (χ3v) is 8.45. The van der Waals surface area contributed by atoms with Gasteiger partial charge in [0.25, 0.3) is 0 Å². The molecule has 1 N–H and O–H groups in total. The van der Waals surface area contributed by atoms with Crippen LogP contribution in [0, 0.1) is 0 Å². The molecule has 0 amide bonds. The summed E-state index contributed by atoms with van der Waals surface area (Å²) in [5.41, 5.74) is 0. The second-order valence-electron chi connectivity index (χ2n) is 13.3. The summed E-state index contributed by atoms with van der Waals surface area (Å²) in [6, 6.07) is 0. The minimum atomic E-state index is -0.778. The lowest BCUT2D eigenvalue weighted by Crippen LogP contribution is -2.28. The fourth-order valence-electron chi connectivity index (χ4n) is 5.36. The largest absolute Gasteiger partial charge is 0.462 e. The molecule has 0 aliphatic heterocycles. The molecule has 290 valence electrons. The molecule has 0 heterocycles. The molecule has 5 nitrogen and oxygen atoms in total. The first-order valence-electron chi connectivity index (χ1n) is 20.6. The first-order chi connectivity index (χ1) is 25.1. The molecule has 0 spiro atoms. The van der Waals surface area contributed by atoms with E-state index in [0.29, 0.717) is 12.8 Å². The molecule has 1 atom stereocenters. The maximum Gasteiger partial charge on any atom is 0.306 e. The van der Waals surface area contributed by atoms with Gasteiger partial charge < -0.3 is 14.6 Å². The third kappa shape index (κ3) is 39.7. The minimum absolute atomic E-state index is 0.0736. The molecule has 0 aromatic rings. The molecule has 0 rings (SSSR count). The number of carbonyl (C=O) groups excluding carboxylic acids is 2. The second-order valence-corrected chi connectivity index (χ2v) is 13.3. The number of allylic oxidation sites excluding steroid dienone is 14. The van der Waals surface area contributed by atoms with Gasteiger partial charge in [-0.2, -0.15) is 0 Å². The molecule has 51 heavy (non-hydrogen) atoms. The van der Waals surface area contributed by atoms with E-state index in [1.54, 1.807) is 0 Å². The highest BCUT2D eigenvalue weighted by molar-refractivity contribution is 5.70. The quantitative estimate of drug-likeness (QED) is 0.0398. The van der Waals surface area contributed by atoms with Crippen LogP contribution in [0.4, 0.5) is 0 Å². The lowest BCUT2D eigenvalue weighted by molar-refractivity contribution is -0.161. The number of carbonyl (C=O) groups is 2. The van der Waals surface area contributed by atoms with Crippen molar-refractivity contribution in [3.8, 4) is 0 Å². The number of esters is 2. The lowest BCUT2D eigenvalue weighted by Gasteiger charge is -2.15. The van der Waals surface area contributed by atoms with Gasteiger partial charge in [-0.05, 0) is 70.6 Å². The predicted octanol–water partition coefficient (Wildman–Crippen LogP) is 13.1. The average molecular weight is 709 g/mol. The highest BCUT2D eigenvalue weighted by Gasteiger charge is 2.16. The van der Waals surface area contributed by atoms with Crippen LogP contribution >= 0.6 is 0 Å². The highest BCUT2D eigenvalue weighted by atomic mass is 16.6. The third-order valence-electron chi connectivity index (χ3n) is 8.45. The van der Waals surface area contributed by atoms with Gasteiger partial charge in [0.2, 0.25) is 0 Å². The van der Waals surface area contributed by atoms with Crippen LogP contribution in [0.1, 0.15) is 174 Å². The van der Waals surface area contributed by atoms with E-state index in [9.17, 15) is 14.7 Å². The maximum atomic E-state index is 12.2. The molecule has 0 fully saturated rings. The van der Waals surface area contributed by atoms with Crippen molar-refractivity contribution >= 4 is 11.9 Å². The summed E-state index contributed by atoms with van der Waals surface area (Å²) < 4.78 is 10.5. The summed E-state index contributed by atoms with van der Waals surface area (Å²) in [5.74, 6) is -0.614. The fourth-order valence-corrected chi connectivity index (χ4v) is 5.36. The van der Waals surface area contributed by atoms with Crippen molar-refractivity contribution in [2.75, 3.05) is 13.2 Å². The topological polar surface area (TPSA) is 72.8 Å². The van der Waals surface area contributed by atoms with Gasteiger partial charge in [-0.3, -0.25) is 9.59 Å². The van der Waals surface area contributed by atoms with Crippen molar-refractivity contribution < 1.29 is 24.2 Å². The Hall–Kier alpha value is -2.92. The highest BCUT2D eigenvalue weighted by Crippen LogP contribution is 2.12. The second kappa shape index (κ2) is 41.5. The van der Waals surface area contributed by atoms with Gasteiger partial charge in [-0.25, -0.2) is 0 Å². The molecular weight excluding hydrogens is 633 g/mol. The molecule has 0 aliphatic rings. The van der Waals surface area contributed by atoms with Crippen LogP contribution in [0.3, 0.4) is 0 Å². The molecule has 0 saturated heterocycles. The standard InChI is InChI=1S/C46H76O5/c1-3-5-7-9-11-13-14-15-16-17-18-19-20-21-22-23-24-25-26-27-28-29-30-31-32-33-35-37-39-41-46(49)51-44(42-47)43-50-45(48)40-38-36-34-12-10-8-6-4-2/h5,7,11,13,15-16,18-19,21-22,24-25,27-28,44,47H,3-4,6,8-10,12,14,17,20,23,26,29-43H2,1-2H3/b7-5-,13-11-,16-15-,19-18-,22-21-,25-24-,28-27-. The van der Waals surface area contributed by atoms with Gasteiger partial charge in [0.1, 0.15) is 6.61 Å². The normalized spacial score (nSPS) is 13.1. The Kier molecular flexibility index (Phi) is 39.1. The maximum absolute atomic E-state index is 12.2. The van der Waals surface area contributed by atoms with Gasteiger partial charge in [0, 0.05) is 12.8 Å². The number of hydrogen-bond acceptors (Lipinski definition) is 5. The van der Waals surface area contributed by atoms with Crippen LogP contribution in [-0.2, 0) is 19.1 Å². The number of aliphatic hydroxyl groups excluding tert-OH is 1. The van der Waals surface area contributed by atoms with E-state index in [4.69, 9.17) is 9.47 Å². The summed E-state index contributed by atoms with van der Waals surface area (Å²) in [7, 11) is 0. The van der Waals surface area contributed by atoms with E-state index in [0.717, 1.165) is 89.9 Å². The van der Waals surface area contributed by atoms with Crippen LogP contribution in [0.2, 0.25) is 0 Å². The van der Waals surface area contributed by atoms with Crippen molar-refractivity contribution in [2.24, 2.45) is 0 Å². The smallest absolute Gasteiger partial charge is 0.306 e. The Labute approximate surface area is 314 Å². The van der Waals surface area contributed by atoms with E-state index in [1.165, 1.54) is 57.8 Å². The zero-order valence-electron chi connectivity index (χ0n) is 32.8. The van der Waals surface area contributed by atoms with Crippen molar-refractivity contribution in [1.29, 1.82) is 0 Å². The molecule has 5 heteroatoms. The Bertz CT molecular complexity index is 984. The van der Waals surface area contributed by atoms with Crippen molar-refractivity contribution in [3.05, 3.63) is 85.1 Å². The summed E-state index contributed by atoms with van der Waals surface area (Å²) in [5, 5.41) is 9.52. The number of aliphatic hydroxyl groups is 1. The van der Waals surface area contributed by atoms with Crippen LogP contribution in [-0.4, -0.2) is 36.4 Å². The molecule has 0 aromatic heterocycles. The Morgan fingerprint density at radius 2 is 0.843 bits per heavy atom. The van der Waals surface area contributed by atoms with E-state index < -0.39 is 6.10 Å². The summed E-state index contributed by atoms with van der Waals surface area (Å²) in [6.45, 7) is 3.96. The van der Waals surface area contributed by atoms with Gasteiger partial charge >= 0.3 is 11.9 Å². The van der Waals surface area contributed by atoms with Gasteiger partial charge in [-0.1, -0.05) is 176 Å². The predicted molar refractivity (Wildman–Crippen MR) is 219 cm³/mol. The minimum Gasteiger partial charge on any atom is -0.462 e. The van der Waals surface area contributed by atoms with Gasteiger partial charge in [0.05, 0.1) is 6.61 Å².